The van der Waals surface area contributed by atoms with Crippen LogP contribution < -0.4 is 5.32 Å². The van der Waals surface area contributed by atoms with E-state index in [1.807, 2.05) is 0 Å². The molecule has 0 bridgehead atoms. The molecular weight excluding hydrogens is 416 g/mol. The van der Waals surface area contributed by atoms with E-state index in [4.69, 9.17) is 14.2 Å². The van der Waals surface area contributed by atoms with E-state index in [0.717, 1.165) is 44.2 Å². The van der Waals surface area contributed by atoms with Gasteiger partial charge in [-0.3, -0.25) is 9.59 Å². The number of ether oxygens (including phenoxy) is 3. The Labute approximate surface area is 187 Å². The van der Waals surface area contributed by atoms with Crippen LogP contribution in [0.3, 0.4) is 0 Å². The van der Waals surface area contributed by atoms with Crippen LogP contribution in [0, 0.1) is 5.92 Å². The van der Waals surface area contributed by atoms with Crippen molar-refractivity contribution in [2.24, 2.45) is 5.92 Å². The first-order chi connectivity index (χ1) is 15.3. The summed E-state index contributed by atoms with van der Waals surface area (Å²) in [5.74, 6) is -4.09. The number of hydrogen-bond acceptors (Lipinski definition) is 8. The van der Waals surface area contributed by atoms with Crippen molar-refractivity contribution in [1.29, 1.82) is 0 Å². The Bertz CT molecular complexity index is 873. The van der Waals surface area contributed by atoms with Gasteiger partial charge >= 0.3 is 17.9 Å². The van der Waals surface area contributed by atoms with Crippen LogP contribution in [0.15, 0.2) is 34.3 Å². The molecule has 1 saturated carbocycles. The lowest BCUT2D eigenvalue weighted by Crippen LogP contribution is -2.40. The number of amides is 1. The molecule has 174 valence electrons. The van der Waals surface area contributed by atoms with Gasteiger partial charge < -0.3 is 24.4 Å². The van der Waals surface area contributed by atoms with Gasteiger partial charge in [0.1, 0.15) is 5.92 Å². The Kier molecular flexibility index (Phi) is 7.37. The Morgan fingerprint density at radius 1 is 1.00 bits per heavy atom. The maximum Gasteiger partial charge on any atom is 0.336 e. The summed E-state index contributed by atoms with van der Waals surface area (Å²) >= 11 is 0. The van der Waals surface area contributed by atoms with Crippen molar-refractivity contribution in [3.8, 4) is 0 Å². The quantitative estimate of drug-likeness (QED) is 0.467. The highest BCUT2D eigenvalue weighted by molar-refractivity contribution is 6.05. The van der Waals surface area contributed by atoms with Crippen molar-refractivity contribution in [2.45, 2.75) is 58.4 Å². The Hall–Kier alpha value is -3.10. The molecule has 0 aromatic rings. The number of allylic oxidation sites excluding steroid dienone is 4. The molecule has 32 heavy (non-hydrogen) atoms. The molecule has 0 atom stereocenters. The van der Waals surface area contributed by atoms with Gasteiger partial charge in [-0.15, -0.1) is 0 Å². The zero-order valence-electron chi connectivity index (χ0n) is 19.0. The smallest absolute Gasteiger partial charge is 0.336 e. The minimum atomic E-state index is -1.35. The highest BCUT2D eigenvalue weighted by Crippen LogP contribution is 2.35. The van der Waals surface area contributed by atoms with E-state index in [1.54, 1.807) is 18.7 Å². The van der Waals surface area contributed by atoms with Crippen LogP contribution in [0.2, 0.25) is 0 Å². The molecule has 0 spiro atoms. The fraction of sp³-hybridized carbons (Fsp3) is 0.565. The van der Waals surface area contributed by atoms with Crippen LogP contribution >= 0.6 is 0 Å². The molecule has 1 aliphatic heterocycles. The van der Waals surface area contributed by atoms with E-state index in [1.165, 1.54) is 14.2 Å². The Morgan fingerprint density at radius 2 is 1.59 bits per heavy atom. The molecule has 0 radical (unpaired) electrons. The minimum Gasteiger partial charge on any atom is -0.466 e. The summed E-state index contributed by atoms with van der Waals surface area (Å²) in [6.07, 6.45) is 7.81. The van der Waals surface area contributed by atoms with Crippen LogP contribution in [-0.2, 0) is 33.4 Å². The molecule has 0 aromatic carbocycles. The number of nitrogens with zero attached hydrogens (tertiary/aromatic N) is 1. The molecule has 9 heteroatoms. The van der Waals surface area contributed by atoms with E-state index >= 15 is 0 Å². The van der Waals surface area contributed by atoms with Crippen molar-refractivity contribution in [3.05, 3.63) is 34.3 Å². The molecule has 1 amide bonds. The lowest BCUT2D eigenvalue weighted by atomic mass is 9.85. The maximum atomic E-state index is 13.1. The Morgan fingerprint density at radius 3 is 2.06 bits per heavy atom. The summed E-state index contributed by atoms with van der Waals surface area (Å²) in [4.78, 5) is 52.7. The minimum absolute atomic E-state index is 0.0509. The predicted molar refractivity (Wildman–Crippen MR) is 113 cm³/mol. The predicted octanol–water partition coefficient (Wildman–Crippen LogP) is 2.09. The van der Waals surface area contributed by atoms with Crippen molar-refractivity contribution >= 4 is 23.8 Å². The lowest BCUT2D eigenvalue weighted by Gasteiger charge is -2.29. The molecular formula is C23H30N2O7. The SMILES string of the molecule is COC(=O)C1=C(C)NC(C)=C(C(=O)OC)C1C(=O)OCC(=O)N(C1=CCCCC1)C1CC1. The highest BCUT2D eigenvalue weighted by atomic mass is 16.5. The van der Waals surface area contributed by atoms with Gasteiger partial charge in [0, 0.05) is 23.1 Å². The molecule has 1 N–H and O–H groups in total. The number of methoxy groups -OCH3 is 2. The molecule has 0 aromatic heterocycles. The van der Waals surface area contributed by atoms with Gasteiger partial charge in [0.25, 0.3) is 5.91 Å². The van der Waals surface area contributed by atoms with Gasteiger partial charge in [0.15, 0.2) is 6.61 Å². The third kappa shape index (κ3) is 4.87. The monoisotopic (exact) mass is 446 g/mol. The average molecular weight is 447 g/mol. The van der Waals surface area contributed by atoms with Gasteiger partial charge in [0.2, 0.25) is 0 Å². The zero-order chi connectivity index (χ0) is 23.4. The molecule has 1 heterocycles. The first-order valence-electron chi connectivity index (χ1n) is 10.8. The van der Waals surface area contributed by atoms with Gasteiger partial charge in [-0.1, -0.05) is 6.08 Å². The molecule has 0 unspecified atom stereocenters. The number of nitrogens with one attached hydrogen (secondary N) is 1. The number of dihydropyridines is 1. The average Bonchev–Trinajstić information content (AvgIpc) is 3.62. The van der Waals surface area contributed by atoms with Gasteiger partial charge in [-0.05, 0) is 52.4 Å². The summed E-state index contributed by atoms with van der Waals surface area (Å²) < 4.78 is 15.0. The summed E-state index contributed by atoms with van der Waals surface area (Å²) in [6.45, 7) is 2.72. The van der Waals surface area contributed by atoms with Crippen LogP contribution in [0.4, 0.5) is 0 Å². The topological polar surface area (TPSA) is 111 Å². The normalized spacial score (nSPS) is 19.1. The number of hydrogen-bond donors (Lipinski definition) is 1. The lowest BCUT2D eigenvalue weighted by molar-refractivity contribution is -0.155. The van der Waals surface area contributed by atoms with Gasteiger partial charge in [0.05, 0.1) is 25.4 Å². The molecule has 1 fully saturated rings. The molecule has 0 saturated heterocycles. The summed E-state index contributed by atoms with van der Waals surface area (Å²) in [7, 11) is 2.37. The second-order valence-electron chi connectivity index (χ2n) is 8.16. The van der Waals surface area contributed by atoms with Gasteiger partial charge in [-0.25, -0.2) is 9.59 Å². The third-order valence-corrected chi connectivity index (χ3v) is 5.90. The summed E-state index contributed by atoms with van der Waals surface area (Å²) in [5, 5.41) is 2.91. The van der Waals surface area contributed by atoms with Crippen LogP contribution in [0.1, 0.15) is 52.4 Å². The number of esters is 3. The molecule has 3 aliphatic rings. The highest BCUT2D eigenvalue weighted by Gasteiger charge is 2.43. The van der Waals surface area contributed by atoms with E-state index in [-0.39, 0.29) is 23.1 Å². The van der Waals surface area contributed by atoms with E-state index in [9.17, 15) is 19.2 Å². The zero-order valence-corrected chi connectivity index (χ0v) is 19.0. The largest absolute Gasteiger partial charge is 0.466 e. The van der Waals surface area contributed by atoms with Crippen molar-refractivity contribution in [3.63, 3.8) is 0 Å². The maximum absolute atomic E-state index is 13.1. The standard InChI is InChI=1S/C23H30N2O7/c1-13-18(21(27)30-3)20(19(14(2)24-13)22(28)31-4)23(29)32-12-17(26)25(16-10-11-16)15-8-6-5-7-9-15/h8,16,20,24H,5-7,9-12H2,1-4H3. The number of carbonyl (C=O) groups excluding carboxylic acids is 4. The Balaban J connectivity index is 1.81. The van der Waals surface area contributed by atoms with Crippen molar-refractivity contribution in [2.75, 3.05) is 20.8 Å². The summed E-state index contributed by atoms with van der Waals surface area (Å²) in [5.41, 5.74) is 1.61. The van der Waals surface area contributed by atoms with Gasteiger partial charge in [-0.2, -0.15) is 0 Å². The first kappa shape index (κ1) is 23.6. The fourth-order valence-corrected chi connectivity index (χ4v) is 4.25. The number of rotatable bonds is 7. The molecule has 2 aliphatic carbocycles. The van der Waals surface area contributed by atoms with Crippen LogP contribution in [0.5, 0.6) is 0 Å². The van der Waals surface area contributed by atoms with E-state index < -0.39 is 30.4 Å². The fourth-order valence-electron chi connectivity index (χ4n) is 4.25. The third-order valence-electron chi connectivity index (χ3n) is 5.90. The van der Waals surface area contributed by atoms with E-state index in [2.05, 4.69) is 11.4 Å². The van der Waals surface area contributed by atoms with Crippen molar-refractivity contribution < 1.29 is 33.4 Å². The second-order valence-corrected chi connectivity index (χ2v) is 8.16. The van der Waals surface area contributed by atoms with Crippen LogP contribution in [0.25, 0.3) is 0 Å². The van der Waals surface area contributed by atoms with Crippen molar-refractivity contribution in [1.82, 2.24) is 10.2 Å². The second kappa shape index (κ2) is 10.0. The van der Waals surface area contributed by atoms with E-state index in [0.29, 0.717) is 11.4 Å². The molecule has 3 rings (SSSR count). The summed E-state index contributed by atoms with van der Waals surface area (Å²) in [6, 6.07) is 0.143. The number of carbonyl (C=O) groups is 4. The molecule has 9 nitrogen and oxygen atoms in total. The van der Waals surface area contributed by atoms with Crippen LogP contribution in [-0.4, -0.2) is 55.6 Å². The first-order valence-corrected chi connectivity index (χ1v) is 10.8.